The molecule has 0 bridgehead atoms. The Bertz CT molecular complexity index is 731. The molecule has 2 rings (SSSR count). The quantitative estimate of drug-likeness (QED) is 0.842. The zero-order valence-corrected chi connectivity index (χ0v) is 14.1. The number of esters is 1. The fourth-order valence-electron chi connectivity index (χ4n) is 1.69. The van der Waals surface area contributed by atoms with Gasteiger partial charge in [0.05, 0.1) is 20.7 Å². The molecule has 1 N–H and O–H groups in total. The Morgan fingerprint density at radius 3 is 2.59 bits per heavy atom. The third-order valence-corrected chi connectivity index (χ3v) is 4.42. The van der Waals surface area contributed by atoms with E-state index >= 15 is 0 Å². The molecule has 0 saturated carbocycles. The van der Waals surface area contributed by atoms with E-state index in [0.29, 0.717) is 26.3 Å². The van der Waals surface area contributed by atoms with Gasteiger partial charge in [-0.3, -0.25) is 4.79 Å². The summed E-state index contributed by atoms with van der Waals surface area (Å²) in [7, 11) is 0. The minimum atomic E-state index is -0.563. The maximum atomic E-state index is 11.9. The number of hydrogen-bond donors (Lipinski definition) is 1. The number of carbonyl (C=O) groups excluding carboxylic acids is 2. The third-order valence-electron chi connectivity index (χ3n) is 2.63. The van der Waals surface area contributed by atoms with Crippen molar-refractivity contribution in [3.05, 3.63) is 43.8 Å². The maximum Gasteiger partial charge on any atom is 0.350 e. The summed E-state index contributed by atoms with van der Waals surface area (Å²) in [5.41, 5.74) is 1.07. The van der Waals surface area contributed by atoms with Gasteiger partial charge in [0.25, 0.3) is 5.91 Å². The summed E-state index contributed by atoms with van der Waals surface area (Å²) < 4.78 is 4.97. The first-order valence-electron chi connectivity index (χ1n) is 6.23. The SMILES string of the molecule is Cc1nc(C)c(C(=O)OCC(=O)Nc2ccc(Cl)c(Cl)c2)s1. The molecule has 1 amide bonds. The van der Waals surface area contributed by atoms with Crippen LogP contribution >= 0.6 is 34.5 Å². The number of anilines is 1. The van der Waals surface area contributed by atoms with Crippen LogP contribution in [0, 0.1) is 13.8 Å². The Morgan fingerprint density at radius 2 is 2.00 bits per heavy atom. The largest absolute Gasteiger partial charge is 0.451 e. The molecule has 0 saturated heterocycles. The molecule has 0 fully saturated rings. The number of nitrogens with zero attached hydrogens (tertiary/aromatic N) is 1. The van der Waals surface area contributed by atoms with Crippen LogP contribution in [0.3, 0.4) is 0 Å². The van der Waals surface area contributed by atoms with Gasteiger partial charge >= 0.3 is 5.97 Å². The van der Waals surface area contributed by atoms with E-state index < -0.39 is 18.5 Å². The van der Waals surface area contributed by atoms with Gasteiger partial charge in [-0.25, -0.2) is 9.78 Å². The molecular weight excluding hydrogens is 347 g/mol. The standard InChI is InChI=1S/C14H12Cl2N2O3S/c1-7-13(22-8(2)17-7)14(20)21-6-12(19)18-9-3-4-10(15)11(16)5-9/h3-5H,6H2,1-2H3,(H,18,19). The van der Waals surface area contributed by atoms with E-state index in [0.717, 1.165) is 5.01 Å². The Labute approximate surface area is 141 Å². The van der Waals surface area contributed by atoms with Crippen molar-refractivity contribution in [2.24, 2.45) is 0 Å². The van der Waals surface area contributed by atoms with Crippen LogP contribution in [0.15, 0.2) is 18.2 Å². The van der Waals surface area contributed by atoms with Crippen LogP contribution < -0.4 is 5.32 Å². The number of ether oxygens (including phenoxy) is 1. The number of halogens is 2. The van der Waals surface area contributed by atoms with Crippen molar-refractivity contribution >= 4 is 52.1 Å². The summed E-state index contributed by atoms with van der Waals surface area (Å²) in [5.74, 6) is -1.03. The second-order valence-electron chi connectivity index (χ2n) is 4.40. The normalized spacial score (nSPS) is 10.4. The molecule has 0 aliphatic rings. The van der Waals surface area contributed by atoms with Crippen LogP contribution in [0.1, 0.15) is 20.4 Å². The molecule has 8 heteroatoms. The van der Waals surface area contributed by atoms with E-state index in [1.54, 1.807) is 26.0 Å². The molecule has 0 aliphatic carbocycles. The zero-order valence-electron chi connectivity index (χ0n) is 11.8. The number of nitrogens with one attached hydrogen (secondary N) is 1. The number of hydrogen-bond acceptors (Lipinski definition) is 5. The lowest BCUT2D eigenvalue weighted by molar-refractivity contribution is -0.119. The van der Waals surface area contributed by atoms with Crippen LogP contribution in [0.25, 0.3) is 0 Å². The molecule has 1 aromatic carbocycles. The Hall–Kier alpha value is -1.63. The molecule has 0 unspecified atom stereocenters. The van der Waals surface area contributed by atoms with Crippen LogP contribution in [0.4, 0.5) is 5.69 Å². The fraction of sp³-hybridized carbons (Fsp3) is 0.214. The molecular formula is C14H12Cl2N2O3S. The van der Waals surface area contributed by atoms with E-state index in [1.165, 1.54) is 17.4 Å². The van der Waals surface area contributed by atoms with E-state index in [9.17, 15) is 9.59 Å². The van der Waals surface area contributed by atoms with E-state index in [2.05, 4.69) is 10.3 Å². The summed E-state index contributed by atoms with van der Waals surface area (Å²) in [6, 6.07) is 4.68. The van der Waals surface area contributed by atoms with Gasteiger partial charge in [-0.05, 0) is 32.0 Å². The minimum Gasteiger partial charge on any atom is -0.451 e. The maximum absolute atomic E-state index is 11.9. The van der Waals surface area contributed by atoms with Gasteiger partial charge in [-0.2, -0.15) is 0 Å². The molecule has 22 heavy (non-hydrogen) atoms. The average Bonchev–Trinajstić information content (AvgIpc) is 2.79. The van der Waals surface area contributed by atoms with Crippen LogP contribution in [-0.4, -0.2) is 23.5 Å². The van der Waals surface area contributed by atoms with Crippen molar-refractivity contribution in [2.75, 3.05) is 11.9 Å². The molecule has 116 valence electrons. The lowest BCUT2D eigenvalue weighted by Crippen LogP contribution is -2.20. The summed E-state index contributed by atoms with van der Waals surface area (Å²) in [6.07, 6.45) is 0. The lowest BCUT2D eigenvalue weighted by Gasteiger charge is -2.07. The van der Waals surface area contributed by atoms with E-state index in [-0.39, 0.29) is 0 Å². The van der Waals surface area contributed by atoms with Crippen molar-refractivity contribution in [1.82, 2.24) is 4.98 Å². The first-order chi connectivity index (χ1) is 10.4. The molecule has 5 nitrogen and oxygen atoms in total. The highest BCUT2D eigenvalue weighted by atomic mass is 35.5. The number of benzene rings is 1. The zero-order chi connectivity index (χ0) is 16.3. The molecule has 1 heterocycles. The summed E-state index contributed by atoms with van der Waals surface area (Å²) in [6.45, 7) is 3.12. The number of aromatic nitrogens is 1. The number of carbonyl (C=O) groups is 2. The van der Waals surface area contributed by atoms with Crippen LogP contribution in [0.2, 0.25) is 10.0 Å². The molecule has 0 spiro atoms. The van der Waals surface area contributed by atoms with Gasteiger partial charge < -0.3 is 10.1 Å². The monoisotopic (exact) mass is 358 g/mol. The second-order valence-corrected chi connectivity index (χ2v) is 6.42. The van der Waals surface area contributed by atoms with E-state index in [4.69, 9.17) is 27.9 Å². The third kappa shape index (κ3) is 4.19. The van der Waals surface area contributed by atoms with Gasteiger partial charge in [0.15, 0.2) is 6.61 Å². The molecule has 2 aromatic rings. The number of thiazole rings is 1. The Balaban J connectivity index is 1.91. The Morgan fingerprint density at radius 1 is 1.27 bits per heavy atom. The van der Waals surface area contributed by atoms with Crippen LogP contribution in [-0.2, 0) is 9.53 Å². The van der Waals surface area contributed by atoms with Crippen molar-refractivity contribution in [3.63, 3.8) is 0 Å². The highest BCUT2D eigenvalue weighted by Gasteiger charge is 2.16. The van der Waals surface area contributed by atoms with Crippen molar-refractivity contribution in [1.29, 1.82) is 0 Å². The lowest BCUT2D eigenvalue weighted by atomic mass is 10.3. The molecule has 0 aliphatic heterocycles. The van der Waals surface area contributed by atoms with Crippen LogP contribution in [0.5, 0.6) is 0 Å². The second kappa shape index (κ2) is 7.09. The summed E-state index contributed by atoms with van der Waals surface area (Å²) >= 11 is 12.9. The van der Waals surface area contributed by atoms with Crippen molar-refractivity contribution < 1.29 is 14.3 Å². The average molecular weight is 359 g/mol. The number of amides is 1. The molecule has 1 aromatic heterocycles. The first kappa shape index (κ1) is 16.7. The summed E-state index contributed by atoms with van der Waals surface area (Å²) in [4.78, 5) is 28.2. The van der Waals surface area contributed by atoms with Gasteiger partial charge in [0, 0.05) is 5.69 Å². The topological polar surface area (TPSA) is 68.3 Å². The molecule has 0 radical (unpaired) electrons. The highest BCUT2D eigenvalue weighted by molar-refractivity contribution is 7.13. The fourth-order valence-corrected chi connectivity index (χ4v) is 2.80. The van der Waals surface area contributed by atoms with Gasteiger partial charge in [0.1, 0.15) is 4.88 Å². The highest BCUT2D eigenvalue weighted by Crippen LogP contribution is 2.25. The smallest absolute Gasteiger partial charge is 0.350 e. The van der Waals surface area contributed by atoms with Gasteiger partial charge in [0.2, 0.25) is 0 Å². The van der Waals surface area contributed by atoms with Crippen molar-refractivity contribution in [3.8, 4) is 0 Å². The molecule has 0 atom stereocenters. The minimum absolute atomic E-state index is 0.326. The number of rotatable bonds is 4. The van der Waals surface area contributed by atoms with Crippen molar-refractivity contribution in [2.45, 2.75) is 13.8 Å². The number of aryl methyl sites for hydroxylation is 2. The van der Waals surface area contributed by atoms with E-state index in [1.807, 2.05) is 0 Å². The summed E-state index contributed by atoms with van der Waals surface area (Å²) in [5, 5.41) is 4.05. The van der Waals surface area contributed by atoms with Gasteiger partial charge in [-0.15, -0.1) is 11.3 Å². The predicted octanol–water partition coefficient (Wildman–Crippen LogP) is 3.86. The first-order valence-corrected chi connectivity index (χ1v) is 7.80. The van der Waals surface area contributed by atoms with Gasteiger partial charge in [-0.1, -0.05) is 23.2 Å². The Kier molecular flexibility index (Phi) is 5.39. The predicted molar refractivity (Wildman–Crippen MR) is 87.0 cm³/mol.